The highest BCUT2D eigenvalue weighted by atomic mass is 79.9. The van der Waals surface area contributed by atoms with E-state index in [0.717, 1.165) is 33.1 Å². The fourth-order valence-electron chi connectivity index (χ4n) is 3.20. The van der Waals surface area contributed by atoms with Crippen molar-refractivity contribution in [3.8, 4) is 0 Å². The van der Waals surface area contributed by atoms with Gasteiger partial charge >= 0.3 is 0 Å². The van der Waals surface area contributed by atoms with E-state index in [9.17, 15) is 0 Å². The summed E-state index contributed by atoms with van der Waals surface area (Å²) in [5, 5.41) is 4.75. The standard InChI is InChI=1S/C18H18BrN3S/c1-10-7-8-14(13(19)9-10)22-17-16-12-5-3-4-6-15(12)23-18(16)21-11(2)20-17/h7-9H,3-6H2,1-2H3,(H,20,21,22). The maximum absolute atomic E-state index is 4.70. The first-order valence-electron chi connectivity index (χ1n) is 7.94. The van der Waals surface area contributed by atoms with Gasteiger partial charge in [-0.15, -0.1) is 11.3 Å². The van der Waals surface area contributed by atoms with Gasteiger partial charge in [0.25, 0.3) is 0 Å². The summed E-state index contributed by atoms with van der Waals surface area (Å²) in [7, 11) is 0. The van der Waals surface area contributed by atoms with E-state index in [4.69, 9.17) is 4.98 Å². The number of aromatic nitrogens is 2. The average Bonchev–Trinajstić information content (AvgIpc) is 2.88. The van der Waals surface area contributed by atoms with Gasteiger partial charge in [0.15, 0.2) is 0 Å². The van der Waals surface area contributed by atoms with Gasteiger partial charge < -0.3 is 5.32 Å². The molecule has 118 valence electrons. The Labute approximate surface area is 148 Å². The van der Waals surface area contributed by atoms with Crippen LogP contribution in [-0.2, 0) is 12.8 Å². The van der Waals surface area contributed by atoms with Gasteiger partial charge in [0.05, 0.1) is 11.1 Å². The maximum Gasteiger partial charge on any atom is 0.143 e. The zero-order chi connectivity index (χ0) is 16.0. The van der Waals surface area contributed by atoms with Gasteiger partial charge in [-0.05, 0) is 78.7 Å². The Morgan fingerprint density at radius 2 is 1.96 bits per heavy atom. The Bertz CT molecular complexity index is 901. The largest absolute Gasteiger partial charge is 0.339 e. The number of nitrogens with zero attached hydrogens (tertiary/aromatic N) is 2. The SMILES string of the molecule is Cc1ccc(Nc2nc(C)nc3sc4c(c23)CCCC4)c(Br)c1. The molecular formula is C18H18BrN3S. The predicted octanol–water partition coefficient (Wildman–Crippen LogP) is 5.69. The Kier molecular flexibility index (Phi) is 3.85. The van der Waals surface area contributed by atoms with E-state index in [1.807, 2.05) is 18.3 Å². The van der Waals surface area contributed by atoms with Crippen LogP contribution in [0.15, 0.2) is 22.7 Å². The lowest BCUT2D eigenvalue weighted by molar-refractivity contribution is 0.700. The summed E-state index contributed by atoms with van der Waals surface area (Å²) in [5.41, 5.74) is 3.74. The summed E-state index contributed by atoms with van der Waals surface area (Å²) in [6.07, 6.45) is 4.88. The van der Waals surface area contributed by atoms with E-state index >= 15 is 0 Å². The van der Waals surface area contributed by atoms with Crippen LogP contribution in [0.25, 0.3) is 10.2 Å². The highest BCUT2D eigenvalue weighted by molar-refractivity contribution is 9.10. The van der Waals surface area contributed by atoms with Crippen molar-refractivity contribution < 1.29 is 0 Å². The molecule has 23 heavy (non-hydrogen) atoms. The van der Waals surface area contributed by atoms with Crippen molar-refractivity contribution in [2.75, 3.05) is 5.32 Å². The first kappa shape index (κ1) is 15.1. The Balaban J connectivity index is 1.87. The second-order valence-electron chi connectivity index (χ2n) is 6.12. The van der Waals surface area contributed by atoms with Crippen molar-refractivity contribution in [3.63, 3.8) is 0 Å². The molecule has 3 aromatic rings. The Hall–Kier alpha value is -1.46. The third kappa shape index (κ3) is 2.76. The van der Waals surface area contributed by atoms with Crippen molar-refractivity contribution in [2.24, 2.45) is 0 Å². The van der Waals surface area contributed by atoms with E-state index in [2.05, 4.69) is 51.4 Å². The maximum atomic E-state index is 4.70. The van der Waals surface area contributed by atoms with Gasteiger partial charge in [0.2, 0.25) is 0 Å². The minimum atomic E-state index is 0.821. The number of rotatable bonds is 2. The summed E-state index contributed by atoms with van der Waals surface area (Å²) >= 11 is 5.49. The molecule has 2 aromatic heterocycles. The van der Waals surface area contributed by atoms with E-state index in [1.54, 1.807) is 0 Å². The molecule has 0 spiro atoms. The minimum absolute atomic E-state index is 0.821. The molecule has 1 N–H and O–H groups in total. The zero-order valence-electron chi connectivity index (χ0n) is 13.2. The highest BCUT2D eigenvalue weighted by Gasteiger charge is 2.21. The minimum Gasteiger partial charge on any atom is -0.339 e. The average molecular weight is 388 g/mol. The molecule has 1 aliphatic carbocycles. The lowest BCUT2D eigenvalue weighted by Crippen LogP contribution is -2.02. The molecule has 5 heteroatoms. The summed E-state index contributed by atoms with van der Waals surface area (Å²) in [6, 6.07) is 6.33. The number of hydrogen-bond donors (Lipinski definition) is 1. The monoisotopic (exact) mass is 387 g/mol. The molecule has 0 saturated heterocycles. The van der Waals surface area contributed by atoms with Gasteiger partial charge in [-0.25, -0.2) is 9.97 Å². The lowest BCUT2D eigenvalue weighted by Gasteiger charge is -2.14. The summed E-state index contributed by atoms with van der Waals surface area (Å²) in [6.45, 7) is 4.06. The van der Waals surface area contributed by atoms with Gasteiger partial charge in [0.1, 0.15) is 16.5 Å². The molecule has 0 aliphatic heterocycles. The number of thiophene rings is 1. The van der Waals surface area contributed by atoms with Crippen LogP contribution in [0, 0.1) is 13.8 Å². The second kappa shape index (κ2) is 5.87. The van der Waals surface area contributed by atoms with Crippen molar-refractivity contribution in [1.82, 2.24) is 9.97 Å². The molecule has 3 nitrogen and oxygen atoms in total. The summed E-state index contributed by atoms with van der Waals surface area (Å²) in [5.74, 6) is 1.76. The number of aryl methyl sites for hydroxylation is 4. The summed E-state index contributed by atoms with van der Waals surface area (Å²) in [4.78, 5) is 12.0. The van der Waals surface area contributed by atoms with Crippen molar-refractivity contribution in [1.29, 1.82) is 0 Å². The van der Waals surface area contributed by atoms with Crippen LogP contribution in [0.3, 0.4) is 0 Å². The second-order valence-corrected chi connectivity index (χ2v) is 8.06. The van der Waals surface area contributed by atoms with Gasteiger partial charge in [-0.2, -0.15) is 0 Å². The van der Waals surface area contributed by atoms with Crippen LogP contribution in [0.4, 0.5) is 11.5 Å². The summed E-state index contributed by atoms with van der Waals surface area (Å²) < 4.78 is 1.06. The fraction of sp³-hybridized carbons (Fsp3) is 0.333. The molecule has 0 amide bonds. The molecule has 1 aromatic carbocycles. The molecule has 4 rings (SSSR count). The molecule has 1 aliphatic rings. The van der Waals surface area contributed by atoms with E-state index in [1.165, 1.54) is 40.7 Å². The van der Waals surface area contributed by atoms with Crippen molar-refractivity contribution >= 4 is 49.0 Å². The van der Waals surface area contributed by atoms with Crippen LogP contribution < -0.4 is 5.32 Å². The first-order valence-corrected chi connectivity index (χ1v) is 9.55. The fourth-order valence-corrected chi connectivity index (χ4v) is 5.10. The molecule has 0 unspecified atom stereocenters. The van der Waals surface area contributed by atoms with Gasteiger partial charge in [-0.1, -0.05) is 6.07 Å². The van der Waals surface area contributed by atoms with E-state index in [-0.39, 0.29) is 0 Å². The van der Waals surface area contributed by atoms with Crippen molar-refractivity contribution in [3.05, 3.63) is 44.5 Å². The normalized spacial score (nSPS) is 14.0. The van der Waals surface area contributed by atoms with Crippen LogP contribution in [0.2, 0.25) is 0 Å². The lowest BCUT2D eigenvalue weighted by atomic mass is 9.97. The first-order chi connectivity index (χ1) is 11.1. The highest BCUT2D eigenvalue weighted by Crippen LogP contribution is 2.40. The third-order valence-electron chi connectivity index (χ3n) is 4.30. The Morgan fingerprint density at radius 1 is 1.13 bits per heavy atom. The molecule has 0 saturated carbocycles. The molecule has 0 radical (unpaired) electrons. The number of benzene rings is 1. The molecule has 0 fully saturated rings. The zero-order valence-corrected chi connectivity index (χ0v) is 15.6. The molecule has 2 heterocycles. The smallest absolute Gasteiger partial charge is 0.143 e. The number of fused-ring (bicyclic) bond motifs is 3. The van der Waals surface area contributed by atoms with Gasteiger partial charge in [0, 0.05) is 9.35 Å². The number of anilines is 2. The number of hydrogen-bond acceptors (Lipinski definition) is 4. The van der Waals surface area contributed by atoms with Crippen LogP contribution in [0.5, 0.6) is 0 Å². The van der Waals surface area contributed by atoms with Crippen LogP contribution in [-0.4, -0.2) is 9.97 Å². The predicted molar refractivity (Wildman–Crippen MR) is 101 cm³/mol. The van der Waals surface area contributed by atoms with E-state index < -0.39 is 0 Å². The molecular weight excluding hydrogens is 370 g/mol. The van der Waals surface area contributed by atoms with Gasteiger partial charge in [-0.3, -0.25) is 0 Å². The quantitative estimate of drug-likeness (QED) is 0.613. The van der Waals surface area contributed by atoms with Crippen LogP contribution >= 0.6 is 27.3 Å². The Morgan fingerprint density at radius 3 is 2.78 bits per heavy atom. The van der Waals surface area contributed by atoms with Crippen LogP contribution in [0.1, 0.15) is 34.7 Å². The van der Waals surface area contributed by atoms with E-state index in [0.29, 0.717) is 0 Å². The topological polar surface area (TPSA) is 37.8 Å². The molecule has 0 bridgehead atoms. The number of nitrogens with one attached hydrogen (secondary N) is 1. The number of halogens is 1. The third-order valence-corrected chi connectivity index (χ3v) is 6.15. The molecule has 0 atom stereocenters. The van der Waals surface area contributed by atoms with Crippen molar-refractivity contribution in [2.45, 2.75) is 39.5 Å².